The summed E-state index contributed by atoms with van der Waals surface area (Å²) in [6.45, 7) is 8.29. The first-order valence-corrected chi connectivity index (χ1v) is 8.80. The second-order valence-corrected chi connectivity index (χ2v) is 5.77. The molecule has 0 heterocycles. The van der Waals surface area contributed by atoms with Crippen molar-refractivity contribution in [3.63, 3.8) is 0 Å². The van der Waals surface area contributed by atoms with Crippen LogP contribution in [0.2, 0.25) is 0 Å². The van der Waals surface area contributed by atoms with Crippen molar-refractivity contribution in [1.82, 2.24) is 0 Å². The van der Waals surface area contributed by atoms with Crippen LogP contribution >= 0.6 is 0 Å². The summed E-state index contributed by atoms with van der Waals surface area (Å²) in [5.74, 6) is -0.0237. The number of hydrogen-bond acceptors (Lipinski definition) is 6. The number of carbonyl (C=O) groups excluding carboxylic acids is 2. The van der Waals surface area contributed by atoms with E-state index in [4.69, 9.17) is 18.9 Å². The number of para-hydroxylation sites is 1. The summed E-state index contributed by atoms with van der Waals surface area (Å²) in [4.78, 5) is 23.2. The van der Waals surface area contributed by atoms with Gasteiger partial charge in [-0.2, -0.15) is 0 Å². The molecule has 0 saturated carbocycles. The molecule has 0 bridgehead atoms. The summed E-state index contributed by atoms with van der Waals surface area (Å²) in [7, 11) is 0. The van der Waals surface area contributed by atoms with E-state index in [0.717, 1.165) is 0 Å². The van der Waals surface area contributed by atoms with Gasteiger partial charge in [-0.05, 0) is 38.8 Å². The third kappa shape index (κ3) is 9.84. The standard InChI is InChI=1S/C20H28O6/c1-4-23-14-18(15-25-17-10-6-5-7-11-17)26-19(21)12-8-9-13-24-20(22)16(2)3/h5-7,10-11,18H,2,4,8-9,12-15H2,1,3H3. The van der Waals surface area contributed by atoms with Crippen molar-refractivity contribution in [2.24, 2.45) is 0 Å². The van der Waals surface area contributed by atoms with Crippen LogP contribution in [0.25, 0.3) is 0 Å². The van der Waals surface area contributed by atoms with E-state index in [1.165, 1.54) is 0 Å². The van der Waals surface area contributed by atoms with Crippen molar-refractivity contribution in [2.45, 2.75) is 39.2 Å². The van der Waals surface area contributed by atoms with Gasteiger partial charge in [0.25, 0.3) is 0 Å². The van der Waals surface area contributed by atoms with Crippen LogP contribution < -0.4 is 4.74 Å². The van der Waals surface area contributed by atoms with Crippen LogP contribution in [-0.4, -0.2) is 44.5 Å². The SMILES string of the molecule is C=C(C)C(=O)OCCCCC(=O)OC(COCC)COc1ccccc1. The van der Waals surface area contributed by atoms with Crippen LogP contribution in [0, 0.1) is 0 Å². The summed E-state index contributed by atoms with van der Waals surface area (Å²) < 4.78 is 21.4. The zero-order valence-corrected chi connectivity index (χ0v) is 15.6. The van der Waals surface area contributed by atoms with Crippen molar-refractivity contribution in [3.05, 3.63) is 42.5 Å². The molecule has 0 fully saturated rings. The van der Waals surface area contributed by atoms with Crippen molar-refractivity contribution in [3.8, 4) is 5.75 Å². The van der Waals surface area contributed by atoms with Crippen LogP contribution in [0.15, 0.2) is 42.5 Å². The average molecular weight is 364 g/mol. The first-order chi connectivity index (χ1) is 12.5. The molecule has 1 rings (SSSR count). The highest BCUT2D eigenvalue weighted by molar-refractivity contribution is 5.86. The van der Waals surface area contributed by atoms with Crippen molar-refractivity contribution < 1.29 is 28.5 Å². The minimum absolute atomic E-state index is 0.228. The lowest BCUT2D eigenvalue weighted by Gasteiger charge is -2.18. The topological polar surface area (TPSA) is 71.1 Å². The number of unbranched alkanes of at least 4 members (excludes halogenated alkanes) is 1. The van der Waals surface area contributed by atoms with Gasteiger partial charge in [0.1, 0.15) is 12.4 Å². The molecule has 0 saturated heterocycles. The number of ether oxygens (including phenoxy) is 4. The Kier molecular flexibility index (Phi) is 10.8. The maximum atomic E-state index is 12.0. The third-order valence-corrected chi connectivity index (χ3v) is 3.34. The van der Waals surface area contributed by atoms with E-state index in [1.807, 2.05) is 37.3 Å². The molecule has 0 aliphatic rings. The van der Waals surface area contributed by atoms with E-state index in [0.29, 0.717) is 30.8 Å². The lowest BCUT2D eigenvalue weighted by molar-refractivity contribution is -0.154. The van der Waals surface area contributed by atoms with Gasteiger partial charge in [0.05, 0.1) is 13.2 Å². The second kappa shape index (κ2) is 12.9. The Labute approximate surface area is 155 Å². The number of esters is 2. The van der Waals surface area contributed by atoms with E-state index in [2.05, 4.69) is 6.58 Å². The second-order valence-electron chi connectivity index (χ2n) is 5.77. The number of rotatable bonds is 13. The summed E-state index contributed by atoms with van der Waals surface area (Å²) in [6, 6.07) is 9.33. The minimum atomic E-state index is -0.469. The highest BCUT2D eigenvalue weighted by Crippen LogP contribution is 2.10. The van der Waals surface area contributed by atoms with Gasteiger partial charge in [0.2, 0.25) is 0 Å². The van der Waals surface area contributed by atoms with Crippen LogP contribution in [-0.2, 0) is 23.8 Å². The van der Waals surface area contributed by atoms with Gasteiger partial charge >= 0.3 is 11.9 Å². The van der Waals surface area contributed by atoms with Crippen LogP contribution in [0.5, 0.6) is 5.75 Å². The number of benzene rings is 1. The summed E-state index contributed by atoms with van der Waals surface area (Å²) in [6.07, 6.45) is 0.941. The average Bonchev–Trinajstić information content (AvgIpc) is 2.64. The maximum Gasteiger partial charge on any atom is 0.333 e. The Bertz CT molecular complexity index is 555. The summed E-state index contributed by atoms with van der Waals surface area (Å²) in [5, 5.41) is 0. The molecule has 0 spiro atoms. The van der Waals surface area contributed by atoms with E-state index in [-0.39, 0.29) is 32.2 Å². The molecule has 0 radical (unpaired) electrons. The molecule has 1 atom stereocenters. The van der Waals surface area contributed by atoms with Crippen LogP contribution in [0.4, 0.5) is 0 Å². The highest BCUT2D eigenvalue weighted by atomic mass is 16.6. The van der Waals surface area contributed by atoms with Gasteiger partial charge in [-0.25, -0.2) is 4.79 Å². The molecule has 1 unspecified atom stereocenters. The Balaban J connectivity index is 2.28. The molecule has 0 aliphatic heterocycles. The zero-order valence-electron chi connectivity index (χ0n) is 15.6. The molecule has 1 aromatic carbocycles. The molecule has 0 aliphatic carbocycles. The van der Waals surface area contributed by atoms with E-state index >= 15 is 0 Å². The van der Waals surface area contributed by atoms with Gasteiger partial charge in [-0.15, -0.1) is 0 Å². The Morgan fingerprint density at radius 1 is 1.12 bits per heavy atom. The first kappa shape index (κ1) is 21.7. The quantitative estimate of drug-likeness (QED) is 0.304. The lowest BCUT2D eigenvalue weighted by atomic mass is 10.2. The lowest BCUT2D eigenvalue weighted by Crippen LogP contribution is -2.30. The predicted octanol–water partition coefficient (Wildman–Crippen LogP) is 3.30. The summed E-state index contributed by atoms with van der Waals surface area (Å²) in [5.41, 5.74) is 0.363. The zero-order chi connectivity index (χ0) is 19.2. The predicted molar refractivity (Wildman–Crippen MR) is 97.9 cm³/mol. The molecular formula is C20H28O6. The van der Waals surface area contributed by atoms with Gasteiger partial charge in [0.15, 0.2) is 6.10 Å². The van der Waals surface area contributed by atoms with E-state index < -0.39 is 12.1 Å². The highest BCUT2D eigenvalue weighted by Gasteiger charge is 2.16. The van der Waals surface area contributed by atoms with E-state index in [9.17, 15) is 9.59 Å². The monoisotopic (exact) mass is 364 g/mol. The Morgan fingerprint density at radius 2 is 1.85 bits per heavy atom. The van der Waals surface area contributed by atoms with Gasteiger partial charge in [0, 0.05) is 18.6 Å². The molecule has 0 aromatic heterocycles. The molecule has 0 amide bonds. The molecule has 26 heavy (non-hydrogen) atoms. The molecule has 6 nitrogen and oxygen atoms in total. The molecule has 6 heteroatoms. The molecule has 1 aromatic rings. The van der Waals surface area contributed by atoms with Crippen molar-refractivity contribution >= 4 is 11.9 Å². The van der Waals surface area contributed by atoms with Gasteiger partial charge < -0.3 is 18.9 Å². The summed E-state index contributed by atoms with van der Waals surface area (Å²) >= 11 is 0. The van der Waals surface area contributed by atoms with Crippen LogP contribution in [0.3, 0.4) is 0 Å². The van der Waals surface area contributed by atoms with Gasteiger partial charge in [-0.3, -0.25) is 4.79 Å². The number of hydrogen-bond donors (Lipinski definition) is 0. The smallest absolute Gasteiger partial charge is 0.333 e. The Morgan fingerprint density at radius 3 is 2.50 bits per heavy atom. The molecule has 0 N–H and O–H groups in total. The van der Waals surface area contributed by atoms with Gasteiger partial charge in [-0.1, -0.05) is 24.8 Å². The fraction of sp³-hybridized carbons (Fsp3) is 0.500. The number of carbonyl (C=O) groups is 2. The minimum Gasteiger partial charge on any atom is -0.490 e. The Hall–Kier alpha value is -2.34. The molecule has 144 valence electrons. The van der Waals surface area contributed by atoms with Crippen molar-refractivity contribution in [2.75, 3.05) is 26.4 Å². The fourth-order valence-corrected chi connectivity index (χ4v) is 1.98. The van der Waals surface area contributed by atoms with E-state index in [1.54, 1.807) is 6.92 Å². The third-order valence-electron chi connectivity index (χ3n) is 3.34. The molecular weight excluding hydrogens is 336 g/mol. The van der Waals surface area contributed by atoms with Crippen LogP contribution in [0.1, 0.15) is 33.1 Å². The normalized spacial score (nSPS) is 11.5. The maximum absolute atomic E-state index is 12.0. The first-order valence-electron chi connectivity index (χ1n) is 8.80. The fourth-order valence-electron chi connectivity index (χ4n) is 1.98. The van der Waals surface area contributed by atoms with Crippen molar-refractivity contribution in [1.29, 1.82) is 0 Å². The largest absolute Gasteiger partial charge is 0.490 e.